The fraction of sp³-hybridized carbons (Fsp3) is 0.250. The van der Waals surface area contributed by atoms with Crippen molar-refractivity contribution in [2.75, 3.05) is 0 Å². The first-order chi connectivity index (χ1) is 7.59. The molecule has 0 amide bonds. The third-order valence-electron chi connectivity index (χ3n) is 2.74. The van der Waals surface area contributed by atoms with E-state index in [0.29, 0.717) is 6.42 Å². The highest BCUT2D eigenvalue weighted by Crippen LogP contribution is 2.21. The van der Waals surface area contributed by atoms with Crippen molar-refractivity contribution in [1.29, 1.82) is 0 Å². The Labute approximate surface area is 105 Å². The van der Waals surface area contributed by atoms with Crippen LogP contribution in [0.25, 0.3) is 10.9 Å². The Bertz CT molecular complexity index is 536. The molecule has 0 aliphatic heterocycles. The number of para-hydroxylation sites is 1. The van der Waals surface area contributed by atoms with E-state index in [0.717, 1.165) is 16.5 Å². The molecule has 0 aliphatic carbocycles. The van der Waals surface area contributed by atoms with Gasteiger partial charge in [0.2, 0.25) is 0 Å². The molecule has 0 fully saturated rings. The van der Waals surface area contributed by atoms with Crippen LogP contribution in [0, 0.1) is 0 Å². The normalized spacial score (nSPS) is 12.1. The number of aliphatic carboxylic acids is 1. The van der Waals surface area contributed by atoms with Crippen molar-refractivity contribution in [2.45, 2.75) is 12.5 Å². The molecule has 0 saturated heterocycles. The topological polar surface area (TPSA) is 68.2 Å². The number of nitrogens with zero attached hydrogens (tertiary/aromatic N) is 1. The monoisotopic (exact) mass is 254 g/mol. The predicted octanol–water partition coefficient (Wildman–Crippen LogP) is 1.55. The number of rotatable bonds is 3. The van der Waals surface area contributed by atoms with Crippen molar-refractivity contribution < 1.29 is 9.90 Å². The molecule has 0 spiro atoms. The molecule has 0 unspecified atom stereocenters. The number of fused-ring (bicyclic) bond motifs is 1. The number of aromatic nitrogens is 1. The van der Waals surface area contributed by atoms with E-state index in [2.05, 4.69) is 0 Å². The SMILES string of the molecule is Cl.Cn1cc(C[C@@H](N)C(=O)O)c2ccccc21. The highest BCUT2D eigenvalue weighted by Gasteiger charge is 2.15. The zero-order valence-electron chi connectivity index (χ0n) is 9.46. The van der Waals surface area contributed by atoms with Gasteiger partial charge in [0, 0.05) is 30.6 Å². The quantitative estimate of drug-likeness (QED) is 0.873. The Hall–Kier alpha value is -1.52. The summed E-state index contributed by atoms with van der Waals surface area (Å²) < 4.78 is 1.99. The first kappa shape index (κ1) is 13.5. The molecule has 2 aromatic rings. The van der Waals surface area contributed by atoms with E-state index in [4.69, 9.17) is 10.8 Å². The zero-order valence-corrected chi connectivity index (χ0v) is 10.3. The van der Waals surface area contributed by atoms with Gasteiger partial charge in [0.25, 0.3) is 0 Å². The third kappa shape index (κ3) is 2.60. The second kappa shape index (κ2) is 5.21. The molecule has 0 aliphatic rings. The standard InChI is InChI=1S/C12H14N2O2.ClH/c1-14-7-8(6-10(13)12(15)16)9-4-2-3-5-11(9)14;/h2-5,7,10H,6,13H2,1H3,(H,15,16);1H/t10-;/m1./s1. The van der Waals surface area contributed by atoms with Crippen LogP contribution in [0.1, 0.15) is 5.56 Å². The average Bonchev–Trinajstić information content (AvgIpc) is 2.57. The summed E-state index contributed by atoms with van der Waals surface area (Å²) in [5.41, 5.74) is 7.61. The van der Waals surface area contributed by atoms with E-state index in [1.807, 2.05) is 42.1 Å². The van der Waals surface area contributed by atoms with Crippen molar-refractivity contribution >= 4 is 29.3 Å². The lowest BCUT2D eigenvalue weighted by Crippen LogP contribution is -2.32. The maximum absolute atomic E-state index is 10.7. The molecule has 1 heterocycles. The van der Waals surface area contributed by atoms with E-state index < -0.39 is 12.0 Å². The van der Waals surface area contributed by atoms with Gasteiger partial charge < -0.3 is 15.4 Å². The molecule has 0 radical (unpaired) electrons. The highest BCUT2D eigenvalue weighted by molar-refractivity contribution is 5.85. The molecule has 17 heavy (non-hydrogen) atoms. The molecule has 4 nitrogen and oxygen atoms in total. The first-order valence-electron chi connectivity index (χ1n) is 5.11. The number of aryl methyl sites for hydroxylation is 1. The number of carboxylic acids is 1. The summed E-state index contributed by atoms with van der Waals surface area (Å²) >= 11 is 0. The Kier molecular flexibility index (Phi) is 4.15. The number of benzene rings is 1. The van der Waals surface area contributed by atoms with Crippen molar-refractivity contribution in [3.05, 3.63) is 36.0 Å². The van der Waals surface area contributed by atoms with Gasteiger partial charge in [-0.3, -0.25) is 4.79 Å². The summed E-state index contributed by atoms with van der Waals surface area (Å²) in [6.45, 7) is 0. The number of carboxylic acid groups (broad SMARTS) is 1. The highest BCUT2D eigenvalue weighted by atomic mass is 35.5. The minimum absolute atomic E-state index is 0. The van der Waals surface area contributed by atoms with Gasteiger partial charge in [-0.05, 0) is 11.6 Å². The van der Waals surface area contributed by atoms with Gasteiger partial charge in [0.1, 0.15) is 6.04 Å². The van der Waals surface area contributed by atoms with E-state index in [1.165, 1.54) is 0 Å². The number of carbonyl (C=O) groups is 1. The molecule has 5 heteroatoms. The number of nitrogens with two attached hydrogens (primary N) is 1. The Balaban J connectivity index is 0.00000144. The summed E-state index contributed by atoms with van der Waals surface area (Å²) in [6.07, 6.45) is 2.30. The maximum Gasteiger partial charge on any atom is 0.320 e. The molecule has 92 valence electrons. The van der Waals surface area contributed by atoms with Crippen molar-refractivity contribution in [3.63, 3.8) is 0 Å². The number of halogens is 1. The van der Waals surface area contributed by atoms with Crippen molar-refractivity contribution in [2.24, 2.45) is 12.8 Å². The van der Waals surface area contributed by atoms with Gasteiger partial charge in [-0.15, -0.1) is 12.4 Å². The molecule has 0 bridgehead atoms. The minimum Gasteiger partial charge on any atom is -0.480 e. The summed E-state index contributed by atoms with van der Waals surface area (Å²) in [6, 6.07) is 7.05. The maximum atomic E-state index is 10.7. The van der Waals surface area contributed by atoms with Crippen molar-refractivity contribution in [1.82, 2.24) is 4.57 Å². The second-order valence-corrected chi connectivity index (χ2v) is 3.93. The molecule has 2 rings (SSSR count). The summed E-state index contributed by atoms with van der Waals surface area (Å²) in [7, 11) is 1.94. The van der Waals surface area contributed by atoms with Crippen LogP contribution >= 0.6 is 12.4 Å². The average molecular weight is 255 g/mol. The third-order valence-corrected chi connectivity index (χ3v) is 2.74. The Morgan fingerprint density at radius 1 is 1.47 bits per heavy atom. The van der Waals surface area contributed by atoms with Crippen LogP contribution in [0.15, 0.2) is 30.5 Å². The van der Waals surface area contributed by atoms with Gasteiger partial charge in [-0.25, -0.2) is 0 Å². The first-order valence-corrected chi connectivity index (χ1v) is 5.11. The number of hydrogen-bond acceptors (Lipinski definition) is 2. The van der Waals surface area contributed by atoms with Crippen LogP contribution in [0.4, 0.5) is 0 Å². The lowest BCUT2D eigenvalue weighted by molar-refractivity contribution is -0.138. The molecule has 0 saturated carbocycles. The smallest absolute Gasteiger partial charge is 0.320 e. The van der Waals surface area contributed by atoms with E-state index in [1.54, 1.807) is 0 Å². The molecule has 1 aromatic carbocycles. The van der Waals surface area contributed by atoms with Gasteiger partial charge in [-0.1, -0.05) is 18.2 Å². The summed E-state index contributed by atoms with van der Waals surface area (Å²) in [4.78, 5) is 10.7. The van der Waals surface area contributed by atoms with Crippen LogP contribution in [-0.2, 0) is 18.3 Å². The summed E-state index contributed by atoms with van der Waals surface area (Å²) in [5, 5.41) is 9.86. The lowest BCUT2D eigenvalue weighted by Gasteiger charge is -2.04. The molecule has 3 N–H and O–H groups in total. The lowest BCUT2D eigenvalue weighted by atomic mass is 10.1. The van der Waals surface area contributed by atoms with E-state index in [9.17, 15) is 4.79 Å². The minimum atomic E-state index is -0.965. The van der Waals surface area contributed by atoms with Gasteiger partial charge in [0.05, 0.1) is 0 Å². The molecule has 1 aromatic heterocycles. The van der Waals surface area contributed by atoms with Crippen LogP contribution in [-0.4, -0.2) is 21.7 Å². The van der Waals surface area contributed by atoms with Crippen LogP contribution < -0.4 is 5.73 Å². The zero-order chi connectivity index (χ0) is 11.7. The fourth-order valence-corrected chi connectivity index (χ4v) is 1.91. The summed E-state index contributed by atoms with van der Waals surface area (Å²) in [5.74, 6) is -0.965. The molecule has 1 atom stereocenters. The Morgan fingerprint density at radius 2 is 2.12 bits per heavy atom. The second-order valence-electron chi connectivity index (χ2n) is 3.93. The van der Waals surface area contributed by atoms with Gasteiger partial charge in [0.15, 0.2) is 0 Å². The van der Waals surface area contributed by atoms with Gasteiger partial charge >= 0.3 is 5.97 Å². The number of hydrogen-bond donors (Lipinski definition) is 2. The predicted molar refractivity (Wildman–Crippen MR) is 69.5 cm³/mol. The largest absolute Gasteiger partial charge is 0.480 e. The van der Waals surface area contributed by atoms with Crippen molar-refractivity contribution in [3.8, 4) is 0 Å². The van der Waals surface area contributed by atoms with Gasteiger partial charge in [-0.2, -0.15) is 0 Å². The van der Waals surface area contributed by atoms with Crippen LogP contribution in [0.3, 0.4) is 0 Å². The van der Waals surface area contributed by atoms with E-state index >= 15 is 0 Å². The van der Waals surface area contributed by atoms with Crippen LogP contribution in [0.2, 0.25) is 0 Å². The van der Waals surface area contributed by atoms with Crippen LogP contribution in [0.5, 0.6) is 0 Å². The molecular weight excluding hydrogens is 240 g/mol. The Morgan fingerprint density at radius 3 is 2.76 bits per heavy atom. The molecular formula is C12H15ClN2O2. The fourth-order valence-electron chi connectivity index (χ4n) is 1.91. The van der Waals surface area contributed by atoms with E-state index in [-0.39, 0.29) is 12.4 Å².